The Bertz CT molecular complexity index is 339. The first-order chi connectivity index (χ1) is 7.13. The Balaban J connectivity index is 2.62. The predicted molar refractivity (Wildman–Crippen MR) is 60.9 cm³/mol. The number of hydrogen-bond donors (Lipinski definition) is 0. The molecule has 0 amide bonds. The molecule has 0 fully saturated rings. The molecule has 15 heavy (non-hydrogen) atoms. The Morgan fingerprint density at radius 2 is 2.20 bits per heavy atom. The standard InChI is InChI=1S/C11H14ClNO2/c1-13(2)5-6-15-11-7-9(8-14)3-4-10(11)12/h3-4,7-8H,5-6H2,1-2H3. The summed E-state index contributed by atoms with van der Waals surface area (Å²) in [6.07, 6.45) is 0.773. The zero-order valence-corrected chi connectivity index (χ0v) is 9.62. The van der Waals surface area contributed by atoms with Gasteiger partial charge in [0.15, 0.2) is 0 Å². The molecule has 0 N–H and O–H groups in total. The van der Waals surface area contributed by atoms with Crippen LogP contribution in [0.1, 0.15) is 10.4 Å². The first-order valence-corrected chi connectivity index (χ1v) is 5.03. The summed E-state index contributed by atoms with van der Waals surface area (Å²) in [6, 6.07) is 4.97. The van der Waals surface area contributed by atoms with Crippen molar-refractivity contribution in [2.45, 2.75) is 0 Å². The summed E-state index contributed by atoms with van der Waals surface area (Å²) in [7, 11) is 3.93. The maximum absolute atomic E-state index is 10.5. The smallest absolute Gasteiger partial charge is 0.150 e. The molecule has 1 aromatic rings. The van der Waals surface area contributed by atoms with Gasteiger partial charge in [-0.2, -0.15) is 0 Å². The van der Waals surface area contributed by atoms with Crippen LogP contribution in [-0.2, 0) is 0 Å². The van der Waals surface area contributed by atoms with Crippen molar-refractivity contribution in [3.63, 3.8) is 0 Å². The Labute approximate surface area is 94.6 Å². The summed E-state index contributed by atoms with van der Waals surface area (Å²) in [5.74, 6) is 0.558. The average Bonchev–Trinajstić information content (AvgIpc) is 2.20. The zero-order valence-electron chi connectivity index (χ0n) is 8.87. The summed E-state index contributed by atoms with van der Waals surface area (Å²) in [6.45, 7) is 1.36. The van der Waals surface area contributed by atoms with E-state index in [1.165, 1.54) is 0 Å². The normalized spacial score (nSPS) is 10.4. The minimum atomic E-state index is 0.527. The Morgan fingerprint density at radius 3 is 2.80 bits per heavy atom. The van der Waals surface area contributed by atoms with Gasteiger partial charge in [-0.25, -0.2) is 0 Å². The SMILES string of the molecule is CN(C)CCOc1cc(C=O)ccc1Cl. The van der Waals surface area contributed by atoms with Crippen LogP contribution >= 0.6 is 11.6 Å². The van der Waals surface area contributed by atoms with Crippen molar-refractivity contribution in [1.82, 2.24) is 4.90 Å². The Morgan fingerprint density at radius 1 is 1.47 bits per heavy atom. The molecule has 0 saturated carbocycles. The van der Waals surface area contributed by atoms with E-state index in [1.54, 1.807) is 18.2 Å². The molecule has 1 aromatic carbocycles. The summed E-state index contributed by atoms with van der Waals surface area (Å²) >= 11 is 5.91. The minimum absolute atomic E-state index is 0.527. The van der Waals surface area contributed by atoms with Crippen LogP contribution in [0.3, 0.4) is 0 Å². The first kappa shape index (κ1) is 12.0. The van der Waals surface area contributed by atoms with Gasteiger partial charge in [-0.15, -0.1) is 0 Å². The van der Waals surface area contributed by atoms with Gasteiger partial charge in [0.05, 0.1) is 5.02 Å². The molecule has 0 heterocycles. The highest BCUT2D eigenvalue weighted by Crippen LogP contribution is 2.24. The van der Waals surface area contributed by atoms with Gasteiger partial charge in [0.1, 0.15) is 18.6 Å². The molecule has 0 saturated heterocycles. The average molecular weight is 228 g/mol. The second-order valence-electron chi connectivity index (χ2n) is 3.46. The number of hydrogen-bond acceptors (Lipinski definition) is 3. The van der Waals surface area contributed by atoms with Crippen LogP contribution in [-0.4, -0.2) is 38.4 Å². The quantitative estimate of drug-likeness (QED) is 0.722. The lowest BCUT2D eigenvalue weighted by molar-refractivity contribution is 0.112. The maximum Gasteiger partial charge on any atom is 0.150 e. The molecular formula is C11H14ClNO2. The fourth-order valence-electron chi connectivity index (χ4n) is 1.04. The van der Waals surface area contributed by atoms with Crippen LogP contribution in [0, 0.1) is 0 Å². The van der Waals surface area contributed by atoms with Crippen LogP contribution in [0.4, 0.5) is 0 Å². The topological polar surface area (TPSA) is 29.5 Å². The Kier molecular flexibility index (Phi) is 4.59. The number of halogens is 1. The highest BCUT2D eigenvalue weighted by Gasteiger charge is 2.02. The molecule has 3 nitrogen and oxygen atoms in total. The summed E-state index contributed by atoms with van der Waals surface area (Å²) < 4.78 is 5.46. The molecule has 0 unspecified atom stereocenters. The molecule has 4 heteroatoms. The predicted octanol–water partition coefficient (Wildman–Crippen LogP) is 2.09. The number of carbonyl (C=O) groups is 1. The molecule has 0 atom stereocenters. The molecule has 0 aliphatic rings. The van der Waals surface area contributed by atoms with Gasteiger partial charge in [-0.3, -0.25) is 4.79 Å². The largest absolute Gasteiger partial charge is 0.491 e. The maximum atomic E-state index is 10.5. The molecule has 0 radical (unpaired) electrons. The van der Waals surface area contributed by atoms with Crippen molar-refractivity contribution >= 4 is 17.9 Å². The van der Waals surface area contributed by atoms with Gasteiger partial charge in [0.25, 0.3) is 0 Å². The van der Waals surface area contributed by atoms with Gasteiger partial charge in [-0.05, 0) is 32.3 Å². The number of ether oxygens (including phenoxy) is 1. The van der Waals surface area contributed by atoms with E-state index in [0.29, 0.717) is 22.9 Å². The van der Waals surface area contributed by atoms with Gasteiger partial charge in [0.2, 0.25) is 0 Å². The van der Waals surface area contributed by atoms with E-state index in [2.05, 4.69) is 0 Å². The second kappa shape index (κ2) is 5.73. The van der Waals surface area contributed by atoms with Crippen LogP contribution in [0.5, 0.6) is 5.75 Å². The third-order valence-corrected chi connectivity index (χ3v) is 2.20. The molecule has 0 bridgehead atoms. The lowest BCUT2D eigenvalue weighted by Gasteiger charge is -2.12. The van der Waals surface area contributed by atoms with Crippen LogP contribution in [0.2, 0.25) is 5.02 Å². The van der Waals surface area contributed by atoms with Crippen molar-refractivity contribution < 1.29 is 9.53 Å². The van der Waals surface area contributed by atoms with E-state index < -0.39 is 0 Å². The number of likely N-dealkylation sites (N-methyl/N-ethyl adjacent to an activating group) is 1. The molecule has 1 rings (SSSR count). The van der Waals surface area contributed by atoms with Crippen molar-refractivity contribution in [2.24, 2.45) is 0 Å². The van der Waals surface area contributed by atoms with E-state index >= 15 is 0 Å². The second-order valence-corrected chi connectivity index (χ2v) is 3.87. The zero-order chi connectivity index (χ0) is 11.3. The lowest BCUT2D eigenvalue weighted by Crippen LogP contribution is -2.19. The van der Waals surface area contributed by atoms with Crippen molar-refractivity contribution in [2.75, 3.05) is 27.2 Å². The van der Waals surface area contributed by atoms with Gasteiger partial charge in [-0.1, -0.05) is 11.6 Å². The minimum Gasteiger partial charge on any atom is -0.491 e. The monoisotopic (exact) mass is 227 g/mol. The van der Waals surface area contributed by atoms with Crippen molar-refractivity contribution in [1.29, 1.82) is 0 Å². The fraction of sp³-hybridized carbons (Fsp3) is 0.364. The summed E-state index contributed by atoms with van der Waals surface area (Å²) in [4.78, 5) is 12.6. The molecule has 82 valence electrons. The summed E-state index contributed by atoms with van der Waals surface area (Å²) in [5.41, 5.74) is 0.569. The van der Waals surface area contributed by atoms with Gasteiger partial charge >= 0.3 is 0 Å². The third-order valence-electron chi connectivity index (χ3n) is 1.89. The van der Waals surface area contributed by atoms with E-state index in [0.717, 1.165) is 12.8 Å². The molecule has 0 aromatic heterocycles. The molecule has 0 aliphatic heterocycles. The van der Waals surface area contributed by atoms with E-state index in [-0.39, 0.29) is 0 Å². The molecular weight excluding hydrogens is 214 g/mol. The van der Waals surface area contributed by atoms with Crippen LogP contribution in [0.25, 0.3) is 0 Å². The molecule has 0 aliphatic carbocycles. The number of nitrogens with zero attached hydrogens (tertiary/aromatic N) is 1. The van der Waals surface area contributed by atoms with E-state index in [1.807, 2.05) is 19.0 Å². The third kappa shape index (κ3) is 3.90. The summed E-state index contributed by atoms with van der Waals surface area (Å²) in [5, 5.41) is 0.527. The Hall–Kier alpha value is -1.06. The highest BCUT2D eigenvalue weighted by molar-refractivity contribution is 6.32. The number of rotatable bonds is 5. The van der Waals surface area contributed by atoms with Crippen LogP contribution < -0.4 is 4.74 Å². The van der Waals surface area contributed by atoms with E-state index in [9.17, 15) is 4.79 Å². The first-order valence-electron chi connectivity index (χ1n) is 4.65. The molecule has 0 spiro atoms. The van der Waals surface area contributed by atoms with Crippen molar-refractivity contribution in [3.8, 4) is 5.75 Å². The number of aldehydes is 1. The lowest BCUT2D eigenvalue weighted by atomic mass is 10.2. The van der Waals surface area contributed by atoms with Gasteiger partial charge in [0, 0.05) is 12.1 Å². The highest BCUT2D eigenvalue weighted by atomic mass is 35.5. The van der Waals surface area contributed by atoms with Gasteiger partial charge < -0.3 is 9.64 Å². The van der Waals surface area contributed by atoms with E-state index in [4.69, 9.17) is 16.3 Å². The van der Waals surface area contributed by atoms with Crippen molar-refractivity contribution in [3.05, 3.63) is 28.8 Å². The number of carbonyl (C=O) groups excluding carboxylic acids is 1. The fourth-order valence-corrected chi connectivity index (χ4v) is 1.21. The van der Waals surface area contributed by atoms with Crippen LogP contribution in [0.15, 0.2) is 18.2 Å². The number of benzene rings is 1.